The zero-order chi connectivity index (χ0) is 20.9. The fraction of sp³-hybridized carbons (Fsp3) is 0.350. The Morgan fingerprint density at radius 1 is 1.28 bits per heavy atom. The standard InChI is InChI=1S/C20H19FN2O5S/c1-20(2)7-12-14(10-28-20)29-18-16(12)17(26)22(9-15(24)25)19(27)23(18)8-11-5-3-4-6-13(11)21/h3-6H,7-10H2,1-2H3,(H,24,25)/p-1. The molecule has 0 saturated carbocycles. The van der Waals surface area contributed by atoms with Gasteiger partial charge in [0.25, 0.3) is 5.56 Å². The summed E-state index contributed by atoms with van der Waals surface area (Å²) in [6.07, 6.45) is 0.445. The van der Waals surface area contributed by atoms with Crippen molar-refractivity contribution in [3.8, 4) is 0 Å². The molecule has 4 rings (SSSR count). The van der Waals surface area contributed by atoms with E-state index in [9.17, 15) is 23.9 Å². The van der Waals surface area contributed by atoms with Crippen molar-refractivity contribution in [2.75, 3.05) is 0 Å². The summed E-state index contributed by atoms with van der Waals surface area (Å²) in [6, 6.07) is 6.01. The minimum atomic E-state index is -1.55. The molecule has 152 valence electrons. The van der Waals surface area contributed by atoms with Crippen molar-refractivity contribution in [1.29, 1.82) is 0 Å². The topological polar surface area (TPSA) is 93.4 Å². The van der Waals surface area contributed by atoms with Crippen LogP contribution in [0, 0.1) is 5.82 Å². The number of aromatic nitrogens is 2. The summed E-state index contributed by atoms with van der Waals surface area (Å²) in [7, 11) is 0. The van der Waals surface area contributed by atoms with Crippen molar-refractivity contribution in [1.82, 2.24) is 9.13 Å². The van der Waals surface area contributed by atoms with Gasteiger partial charge in [-0.05, 0) is 25.5 Å². The van der Waals surface area contributed by atoms with E-state index in [1.54, 1.807) is 12.1 Å². The molecule has 2 aromatic heterocycles. The highest BCUT2D eigenvalue weighted by Crippen LogP contribution is 2.37. The highest BCUT2D eigenvalue weighted by molar-refractivity contribution is 7.18. The maximum Gasteiger partial charge on any atom is 0.332 e. The highest BCUT2D eigenvalue weighted by Gasteiger charge is 2.32. The van der Waals surface area contributed by atoms with Crippen molar-refractivity contribution in [2.24, 2.45) is 0 Å². The minimum Gasteiger partial charge on any atom is -0.548 e. The van der Waals surface area contributed by atoms with Gasteiger partial charge >= 0.3 is 5.69 Å². The first-order chi connectivity index (χ1) is 13.7. The Labute approximate surface area is 168 Å². The Balaban J connectivity index is 2.03. The second-order valence-corrected chi connectivity index (χ2v) is 8.72. The molecule has 0 unspecified atom stereocenters. The summed E-state index contributed by atoms with van der Waals surface area (Å²) in [6.45, 7) is 3.09. The van der Waals surface area contributed by atoms with E-state index in [0.29, 0.717) is 21.2 Å². The highest BCUT2D eigenvalue weighted by atomic mass is 32.1. The van der Waals surface area contributed by atoms with Crippen molar-refractivity contribution >= 4 is 27.5 Å². The normalized spacial score (nSPS) is 15.4. The Morgan fingerprint density at radius 3 is 2.69 bits per heavy atom. The Hall–Kier alpha value is -2.78. The molecular weight excluding hydrogens is 399 g/mol. The van der Waals surface area contributed by atoms with Gasteiger partial charge in [-0.2, -0.15) is 0 Å². The van der Waals surface area contributed by atoms with Crippen molar-refractivity contribution < 1.29 is 19.0 Å². The van der Waals surface area contributed by atoms with E-state index in [-0.39, 0.29) is 18.7 Å². The van der Waals surface area contributed by atoms with Crippen LogP contribution in [-0.2, 0) is 35.6 Å². The molecule has 0 saturated heterocycles. The SMILES string of the molecule is CC1(C)Cc2c(sc3c2c(=O)n(CC(=O)[O-])c(=O)n3Cc2ccccc2F)CO1. The molecule has 3 heterocycles. The molecule has 0 N–H and O–H groups in total. The molecule has 0 radical (unpaired) electrons. The van der Waals surface area contributed by atoms with Gasteiger partial charge in [-0.25, -0.2) is 9.18 Å². The Bertz CT molecular complexity index is 1250. The number of hydrogen-bond donors (Lipinski definition) is 0. The molecule has 1 aliphatic rings. The molecule has 9 heteroatoms. The van der Waals surface area contributed by atoms with Crippen LogP contribution in [0.25, 0.3) is 10.2 Å². The van der Waals surface area contributed by atoms with Crippen LogP contribution in [-0.4, -0.2) is 20.7 Å². The average Bonchev–Trinajstić information content (AvgIpc) is 3.01. The number of aliphatic carboxylic acids is 1. The number of hydrogen-bond acceptors (Lipinski definition) is 6. The number of carbonyl (C=O) groups excluding carboxylic acids is 1. The lowest BCUT2D eigenvalue weighted by Gasteiger charge is -2.29. The maximum absolute atomic E-state index is 14.2. The van der Waals surface area contributed by atoms with Crippen LogP contribution in [0.4, 0.5) is 4.39 Å². The number of thiophene rings is 1. The Morgan fingerprint density at radius 2 is 2.00 bits per heavy atom. The molecule has 1 aromatic carbocycles. The number of nitrogens with zero attached hydrogens (tertiary/aromatic N) is 2. The predicted molar refractivity (Wildman–Crippen MR) is 103 cm³/mol. The molecule has 0 spiro atoms. The van der Waals surface area contributed by atoms with Crippen molar-refractivity contribution in [3.63, 3.8) is 0 Å². The van der Waals surface area contributed by atoms with Crippen molar-refractivity contribution in [2.45, 2.75) is 45.6 Å². The lowest BCUT2D eigenvalue weighted by Crippen LogP contribution is -2.44. The zero-order valence-corrected chi connectivity index (χ0v) is 16.7. The molecule has 7 nitrogen and oxygen atoms in total. The van der Waals surface area contributed by atoms with Crippen LogP contribution < -0.4 is 16.4 Å². The minimum absolute atomic E-state index is 0.126. The summed E-state index contributed by atoms with van der Waals surface area (Å²) in [5.41, 5.74) is -0.972. The van der Waals surface area contributed by atoms with E-state index in [1.807, 2.05) is 13.8 Å². The molecule has 29 heavy (non-hydrogen) atoms. The van der Waals surface area contributed by atoms with Gasteiger partial charge in [-0.3, -0.25) is 13.9 Å². The first-order valence-electron chi connectivity index (χ1n) is 9.03. The second-order valence-electron chi connectivity index (χ2n) is 7.63. The molecule has 0 amide bonds. The Kier molecular flexibility index (Phi) is 4.66. The van der Waals surface area contributed by atoms with Crippen LogP contribution in [0.1, 0.15) is 29.9 Å². The van der Waals surface area contributed by atoms with Crippen LogP contribution in [0.5, 0.6) is 0 Å². The molecule has 1 aliphatic heterocycles. The van der Waals surface area contributed by atoms with E-state index in [0.717, 1.165) is 10.4 Å². The summed E-state index contributed by atoms with van der Waals surface area (Å²) >= 11 is 1.25. The van der Waals surface area contributed by atoms with Crippen LogP contribution in [0.2, 0.25) is 0 Å². The number of ether oxygens (including phenoxy) is 1. The van der Waals surface area contributed by atoms with Gasteiger partial charge in [0.05, 0.1) is 36.7 Å². The zero-order valence-electron chi connectivity index (χ0n) is 15.9. The summed E-state index contributed by atoms with van der Waals surface area (Å²) in [4.78, 5) is 38.4. The van der Waals surface area contributed by atoms with E-state index in [1.165, 1.54) is 28.0 Å². The lowest BCUT2D eigenvalue weighted by atomic mass is 9.94. The van der Waals surface area contributed by atoms with E-state index in [2.05, 4.69) is 0 Å². The second kappa shape index (κ2) is 6.93. The monoisotopic (exact) mass is 417 g/mol. The fourth-order valence-electron chi connectivity index (χ4n) is 3.61. The van der Waals surface area contributed by atoms with E-state index < -0.39 is 35.2 Å². The van der Waals surface area contributed by atoms with E-state index in [4.69, 9.17) is 4.74 Å². The van der Waals surface area contributed by atoms with Gasteiger partial charge in [0.2, 0.25) is 0 Å². The first kappa shape index (κ1) is 19.5. The smallest absolute Gasteiger partial charge is 0.332 e. The lowest BCUT2D eigenvalue weighted by molar-refractivity contribution is -0.306. The van der Waals surface area contributed by atoms with Crippen LogP contribution in [0.3, 0.4) is 0 Å². The largest absolute Gasteiger partial charge is 0.548 e. The molecular formula is C20H18FN2O5S-. The van der Waals surface area contributed by atoms with Gasteiger partial charge in [-0.1, -0.05) is 18.2 Å². The number of carboxylic acids is 1. The van der Waals surface area contributed by atoms with Crippen molar-refractivity contribution in [3.05, 3.63) is 66.9 Å². The molecule has 0 atom stereocenters. The average molecular weight is 417 g/mol. The van der Waals surface area contributed by atoms with Gasteiger partial charge in [0.1, 0.15) is 10.6 Å². The number of halogens is 1. The molecule has 0 fully saturated rings. The summed E-state index contributed by atoms with van der Waals surface area (Å²) < 4.78 is 21.9. The van der Waals surface area contributed by atoms with Gasteiger partial charge in [0.15, 0.2) is 0 Å². The van der Waals surface area contributed by atoms with Gasteiger partial charge in [-0.15, -0.1) is 11.3 Å². The quantitative estimate of drug-likeness (QED) is 0.632. The summed E-state index contributed by atoms with van der Waals surface area (Å²) in [5, 5.41) is 11.5. The van der Waals surface area contributed by atoms with Gasteiger partial charge in [0, 0.05) is 16.9 Å². The third kappa shape index (κ3) is 3.40. The molecule has 3 aromatic rings. The fourth-order valence-corrected chi connectivity index (χ4v) is 4.82. The summed E-state index contributed by atoms with van der Waals surface area (Å²) in [5.74, 6) is -2.04. The number of carbonyl (C=O) groups is 1. The molecule has 0 aliphatic carbocycles. The van der Waals surface area contributed by atoms with Crippen LogP contribution >= 0.6 is 11.3 Å². The van der Waals surface area contributed by atoms with E-state index >= 15 is 0 Å². The number of fused-ring (bicyclic) bond motifs is 3. The van der Waals surface area contributed by atoms with Gasteiger partial charge < -0.3 is 14.6 Å². The molecule has 0 bridgehead atoms. The maximum atomic E-state index is 14.2. The number of benzene rings is 1. The third-order valence-electron chi connectivity index (χ3n) is 5.01. The number of rotatable bonds is 4. The first-order valence-corrected chi connectivity index (χ1v) is 9.85. The third-order valence-corrected chi connectivity index (χ3v) is 6.24. The van der Waals surface area contributed by atoms with Crippen LogP contribution in [0.15, 0.2) is 33.9 Å². The predicted octanol–water partition coefficient (Wildman–Crippen LogP) is 1.01. The number of carboxylic acid groups (broad SMARTS) is 1.